The van der Waals surface area contributed by atoms with Gasteiger partial charge in [0.2, 0.25) is 5.60 Å². The molecular weight excluding hydrogens is 775 g/mol. The fraction of sp³-hybridized carbons (Fsp3) is 0.537. The first kappa shape index (κ1) is 42.0. The van der Waals surface area contributed by atoms with Gasteiger partial charge in [-0.2, -0.15) is 31.6 Å². The number of pyridine rings is 1. The Morgan fingerprint density at radius 3 is 2.39 bits per heavy atom. The molecule has 16 heteroatoms. The normalized spacial score (nSPS) is 23.8. The van der Waals surface area contributed by atoms with Crippen molar-refractivity contribution < 1.29 is 50.2 Å². The van der Waals surface area contributed by atoms with Gasteiger partial charge < -0.3 is 19.3 Å². The number of hydrogen-bond acceptors (Lipinski definition) is 8. The largest absolute Gasteiger partial charge is 0.493 e. The fourth-order valence-electron chi connectivity index (χ4n) is 8.69. The molecule has 1 aromatic carbocycles. The molecule has 0 N–H and O–H groups in total. The third-order valence-corrected chi connectivity index (χ3v) is 12.6. The van der Waals surface area contributed by atoms with E-state index in [4.69, 9.17) is 9.47 Å². The van der Waals surface area contributed by atoms with E-state index in [2.05, 4.69) is 11.1 Å². The minimum Gasteiger partial charge on any atom is -0.493 e. The number of nitrogens with zero attached hydrogens (tertiary/aromatic N) is 4. The second-order valence-electron chi connectivity index (χ2n) is 15.2. The molecule has 2 amide bonds. The average Bonchev–Trinajstić information content (AvgIpc) is 3.88. The molecule has 0 radical (unpaired) electrons. The van der Waals surface area contributed by atoms with Gasteiger partial charge in [0.25, 0.3) is 11.8 Å². The number of halogens is 6. The van der Waals surface area contributed by atoms with E-state index in [1.54, 1.807) is 32.0 Å². The Morgan fingerprint density at radius 1 is 1.02 bits per heavy atom. The first-order chi connectivity index (χ1) is 27.0. The van der Waals surface area contributed by atoms with Crippen LogP contribution in [0, 0.1) is 23.2 Å². The van der Waals surface area contributed by atoms with Crippen LogP contribution in [0.1, 0.15) is 98.0 Å². The lowest BCUT2D eigenvalue weighted by Gasteiger charge is -2.51. The molecule has 57 heavy (non-hydrogen) atoms. The number of carbonyl (C=O) groups is 3. The van der Waals surface area contributed by atoms with Gasteiger partial charge in [0.05, 0.1) is 35.3 Å². The molecule has 6 rings (SSSR count). The van der Waals surface area contributed by atoms with Gasteiger partial charge in [-0.25, -0.2) is 0 Å². The van der Waals surface area contributed by atoms with Gasteiger partial charge in [-0.05, 0) is 69.9 Å². The Kier molecular flexibility index (Phi) is 12.3. The molecule has 2 saturated heterocycles. The number of benzene rings is 1. The monoisotopic (exact) mass is 818 g/mol. The van der Waals surface area contributed by atoms with E-state index >= 15 is 4.79 Å². The van der Waals surface area contributed by atoms with E-state index in [9.17, 15) is 41.2 Å². The molecule has 9 nitrogen and oxygen atoms in total. The van der Waals surface area contributed by atoms with Crippen LogP contribution >= 0.6 is 11.3 Å². The highest BCUT2D eigenvalue weighted by molar-refractivity contribution is 7.10. The molecule has 4 heterocycles. The second kappa shape index (κ2) is 16.7. The number of para-hydroxylation sites is 1. The number of rotatable bonds is 11. The van der Waals surface area contributed by atoms with E-state index in [-0.39, 0.29) is 75.1 Å². The van der Waals surface area contributed by atoms with Crippen molar-refractivity contribution in [3.8, 4) is 17.6 Å². The van der Waals surface area contributed by atoms with E-state index in [1.165, 1.54) is 9.80 Å². The van der Waals surface area contributed by atoms with Crippen LogP contribution in [-0.4, -0.2) is 70.3 Å². The van der Waals surface area contributed by atoms with Crippen molar-refractivity contribution in [2.75, 3.05) is 26.2 Å². The molecule has 3 aliphatic rings. The molecule has 0 spiro atoms. The minimum absolute atomic E-state index is 0.0128. The molecule has 1 saturated carbocycles. The zero-order valence-electron chi connectivity index (χ0n) is 31.6. The predicted octanol–water partition coefficient (Wildman–Crippen LogP) is 8.87. The number of ketones is 1. The number of hydrogen-bond donors (Lipinski definition) is 0. The number of ether oxygens (including phenoxy) is 2. The van der Waals surface area contributed by atoms with Crippen molar-refractivity contribution in [3.05, 3.63) is 75.7 Å². The summed E-state index contributed by atoms with van der Waals surface area (Å²) in [4.78, 5) is 46.5. The van der Waals surface area contributed by atoms with Crippen molar-refractivity contribution in [1.82, 2.24) is 14.8 Å². The molecule has 3 aromatic rings. The standard InChI is InChI=1S/C41H44F6N4O5S/c1-3-7-34-39(56-29-21-35(57-24-29)41(45,46)47,13-6-17-51(34)36(53)30-22-49-16-12-31(30)40(42,43)44)37(54)50-18-14-38(25-48,15-19-50)32-8-4-5-9-33(32)55-23-27-10-11-28(20-27)26(2)52/h4-5,8-9,12,16,21-22,24,27-28,34H,3,6-7,10-11,13-15,17-20,23H2,1-2H3/t27-,28+,34+,39-/m0/s1. The van der Waals surface area contributed by atoms with Crippen LogP contribution < -0.4 is 9.47 Å². The van der Waals surface area contributed by atoms with Gasteiger partial charge in [0.1, 0.15) is 22.2 Å². The van der Waals surface area contributed by atoms with Gasteiger partial charge in [-0.3, -0.25) is 19.4 Å². The Balaban J connectivity index is 1.31. The van der Waals surface area contributed by atoms with Crippen LogP contribution in [0.4, 0.5) is 26.3 Å². The van der Waals surface area contributed by atoms with Crippen molar-refractivity contribution in [3.63, 3.8) is 0 Å². The maximum Gasteiger partial charge on any atom is 0.425 e. The van der Waals surface area contributed by atoms with Gasteiger partial charge in [0, 0.05) is 61.4 Å². The molecule has 0 unspecified atom stereocenters. The minimum atomic E-state index is -4.89. The molecule has 2 aromatic heterocycles. The summed E-state index contributed by atoms with van der Waals surface area (Å²) in [6, 6.07) is 9.99. The zero-order chi connectivity index (χ0) is 41.2. The fourth-order valence-corrected chi connectivity index (χ4v) is 9.37. The van der Waals surface area contributed by atoms with Crippen molar-refractivity contribution in [2.45, 2.75) is 101 Å². The summed E-state index contributed by atoms with van der Waals surface area (Å²) in [6.07, 6.45) is -4.59. The highest BCUT2D eigenvalue weighted by Crippen LogP contribution is 2.45. The van der Waals surface area contributed by atoms with Crippen LogP contribution in [0.5, 0.6) is 11.5 Å². The number of piperidine rings is 2. The predicted molar refractivity (Wildman–Crippen MR) is 197 cm³/mol. The second-order valence-corrected chi connectivity index (χ2v) is 16.2. The van der Waals surface area contributed by atoms with E-state index in [0.717, 1.165) is 43.1 Å². The lowest BCUT2D eigenvalue weighted by molar-refractivity contribution is -0.160. The highest BCUT2D eigenvalue weighted by Gasteiger charge is 2.57. The average molecular weight is 819 g/mol. The Bertz CT molecular complexity index is 1990. The topological polar surface area (TPSA) is 113 Å². The molecule has 2 aliphatic heterocycles. The zero-order valence-corrected chi connectivity index (χ0v) is 32.4. The summed E-state index contributed by atoms with van der Waals surface area (Å²) in [7, 11) is 0. The van der Waals surface area contributed by atoms with Crippen LogP contribution in [-0.2, 0) is 27.4 Å². The maximum atomic E-state index is 15.0. The summed E-state index contributed by atoms with van der Waals surface area (Å²) >= 11 is 0.377. The Morgan fingerprint density at radius 2 is 1.75 bits per heavy atom. The summed E-state index contributed by atoms with van der Waals surface area (Å²) < 4.78 is 96.2. The first-order valence-electron chi connectivity index (χ1n) is 19.1. The number of aromatic nitrogens is 1. The molecule has 1 aliphatic carbocycles. The lowest BCUT2D eigenvalue weighted by atomic mass is 9.72. The number of alkyl halides is 6. The van der Waals surface area contributed by atoms with Gasteiger partial charge >= 0.3 is 12.4 Å². The van der Waals surface area contributed by atoms with Crippen LogP contribution in [0.3, 0.4) is 0 Å². The molecule has 4 atom stereocenters. The molecule has 306 valence electrons. The molecular formula is C41H44F6N4O5S. The lowest BCUT2D eigenvalue weighted by Crippen LogP contribution is -2.68. The van der Waals surface area contributed by atoms with Crippen molar-refractivity contribution in [1.29, 1.82) is 5.26 Å². The van der Waals surface area contributed by atoms with Crippen LogP contribution in [0.2, 0.25) is 0 Å². The quantitative estimate of drug-likeness (QED) is 0.178. The SMILES string of the molecule is CCC[C@H]1N(C(=O)c2cnccc2C(F)(F)F)CCC[C@@]1(Oc1csc(C(F)(F)F)c1)C(=O)N1CCC(C#N)(c2ccccc2OC[C@H]2CC[C@@H](C(C)=O)C2)CC1. The van der Waals surface area contributed by atoms with Crippen molar-refractivity contribution in [2.24, 2.45) is 11.8 Å². The number of Topliss-reactive ketones (excluding diaryl/α,β-unsaturated/α-hetero) is 1. The number of carbonyl (C=O) groups excluding carboxylic acids is 3. The summed E-state index contributed by atoms with van der Waals surface area (Å²) in [6.45, 7) is 3.79. The van der Waals surface area contributed by atoms with Gasteiger partial charge in [0.15, 0.2) is 0 Å². The Labute approximate surface area is 330 Å². The van der Waals surface area contributed by atoms with Gasteiger partial charge in [-0.1, -0.05) is 31.5 Å². The number of likely N-dealkylation sites (tertiary alicyclic amines) is 2. The summed E-state index contributed by atoms with van der Waals surface area (Å²) in [5.74, 6) is -1.01. The van der Waals surface area contributed by atoms with Crippen molar-refractivity contribution >= 4 is 28.9 Å². The van der Waals surface area contributed by atoms with Crippen LogP contribution in [0.15, 0.2) is 54.2 Å². The maximum absolute atomic E-state index is 15.0. The van der Waals surface area contributed by atoms with E-state index in [0.29, 0.717) is 41.7 Å². The third kappa shape index (κ3) is 8.63. The summed E-state index contributed by atoms with van der Waals surface area (Å²) in [5, 5.41) is 11.8. The van der Waals surface area contributed by atoms with E-state index in [1.807, 2.05) is 6.07 Å². The third-order valence-electron chi connectivity index (χ3n) is 11.7. The van der Waals surface area contributed by atoms with Gasteiger partial charge in [-0.15, -0.1) is 11.3 Å². The number of thiophene rings is 1. The molecule has 3 fully saturated rings. The number of amides is 2. The Hall–Kier alpha value is -4.65. The summed E-state index contributed by atoms with van der Waals surface area (Å²) in [5.41, 5.74) is -4.31. The number of nitriles is 1. The smallest absolute Gasteiger partial charge is 0.425 e. The molecule has 0 bridgehead atoms. The van der Waals surface area contributed by atoms with Crippen LogP contribution in [0.25, 0.3) is 0 Å². The highest BCUT2D eigenvalue weighted by atomic mass is 32.1. The van der Waals surface area contributed by atoms with E-state index < -0.39 is 57.2 Å². The first-order valence-corrected chi connectivity index (χ1v) is 20.0.